The summed E-state index contributed by atoms with van der Waals surface area (Å²) in [6.45, 7) is 8.62. The first-order chi connectivity index (χ1) is 10.9. The molecule has 0 unspecified atom stereocenters. The van der Waals surface area contributed by atoms with Gasteiger partial charge in [-0.1, -0.05) is 57.2 Å². The summed E-state index contributed by atoms with van der Waals surface area (Å²) in [6.07, 6.45) is 8.63. The van der Waals surface area contributed by atoms with Gasteiger partial charge in [-0.2, -0.15) is 6.08 Å². The van der Waals surface area contributed by atoms with Crippen LogP contribution in [0.3, 0.4) is 0 Å². The van der Waals surface area contributed by atoms with E-state index in [0.29, 0.717) is 11.2 Å². The largest absolute Gasteiger partial charge is 1.00 e. The molecule has 0 aromatic heterocycles. The van der Waals surface area contributed by atoms with E-state index in [4.69, 9.17) is 0 Å². The summed E-state index contributed by atoms with van der Waals surface area (Å²) in [5.41, 5.74) is 4.91. The van der Waals surface area contributed by atoms with Crippen molar-refractivity contribution in [1.82, 2.24) is 0 Å². The number of aryl methyl sites for hydroxylation is 1. The van der Waals surface area contributed by atoms with Crippen molar-refractivity contribution in [2.24, 2.45) is 5.41 Å². The first-order valence-corrected chi connectivity index (χ1v) is 8.00. The van der Waals surface area contributed by atoms with E-state index in [2.05, 4.69) is 45.1 Å². The van der Waals surface area contributed by atoms with Crippen molar-refractivity contribution in [3.05, 3.63) is 77.9 Å². The molecule has 0 spiro atoms. The fourth-order valence-electron chi connectivity index (χ4n) is 2.48. The molecule has 3 rings (SSSR count). The van der Waals surface area contributed by atoms with Gasteiger partial charge in [0.05, 0.1) is 0 Å². The van der Waals surface area contributed by atoms with Gasteiger partial charge in [0.2, 0.25) is 0 Å². The van der Waals surface area contributed by atoms with Crippen LogP contribution in [0.4, 0.5) is 0 Å². The second kappa shape index (κ2) is 12.4. The van der Waals surface area contributed by atoms with Crippen LogP contribution in [0.1, 0.15) is 32.8 Å². The third-order valence-electron chi connectivity index (χ3n) is 3.67. The van der Waals surface area contributed by atoms with Crippen LogP contribution in [0.25, 0.3) is 11.1 Å². The van der Waals surface area contributed by atoms with Crippen LogP contribution in [0.5, 0.6) is 5.75 Å². The van der Waals surface area contributed by atoms with Gasteiger partial charge in [-0.3, -0.25) is 6.08 Å². The number of hydrogen-bond donors (Lipinski definition) is 1. The minimum absolute atomic E-state index is 0. The third kappa shape index (κ3) is 8.60. The van der Waals surface area contributed by atoms with E-state index in [1.165, 1.54) is 5.57 Å². The summed E-state index contributed by atoms with van der Waals surface area (Å²) in [7, 11) is 0. The van der Waals surface area contributed by atoms with Gasteiger partial charge in [0.25, 0.3) is 0 Å². The number of allylic oxidation sites excluding steroid dienone is 4. The predicted octanol–water partition coefficient (Wildman–Crippen LogP) is 0.0951. The van der Waals surface area contributed by atoms with Gasteiger partial charge >= 0.3 is 0 Å². The monoisotopic (exact) mass is 423 g/mol. The minimum atomic E-state index is 0. The normalized spacial score (nSPS) is 11.8. The van der Waals surface area contributed by atoms with Crippen LogP contribution in [0, 0.1) is 18.4 Å². The Labute approximate surface area is 185 Å². The van der Waals surface area contributed by atoms with Gasteiger partial charge in [0, 0.05) is 21.7 Å². The Morgan fingerprint density at radius 3 is 1.96 bits per heavy atom. The Kier molecular flexibility index (Phi) is 13.0. The molecule has 1 aliphatic carbocycles. The van der Waals surface area contributed by atoms with Gasteiger partial charge in [-0.05, 0) is 41.2 Å². The summed E-state index contributed by atoms with van der Waals surface area (Å²) in [5, 5.41) is 9.46. The molecule has 0 aliphatic heterocycles. The molecule has 140 valence electrons. The number of rotatable bonds is 1. The van der Waals surface area contributed by atoms with Crippen molar-refractivity contribution in [3.63, 3.8) is 0 Å². The maximum atomic E-state index is 9.46. The number of phenolic OH excluding ortho intramolecular Hbond substituents is 1. The molecule has 0 radical (unpaired) electrons. The zero-order valence-electron chi connectivity index (χ0n) is 15.7. The van der Waals surface area contributed by atoms with E-state index in [1.807, 2.05) is 37.3 Å². The van der Waals surface area contributed by atoms with E-state index in [-0.39, 0.29) is 46.5 Å². The number of phenols is 1. The molecule has 0 bridgehead atoms. The molecule has 1 aliphatic rings. The minimum Gasteiger partial charge on any atom is -1.00 e. The molecule has 1 nitrogen and oxygen atoms in total. The summed E-state index contributed by atoms with van der Waals surface area (Å²) in [5.74, 6) is 0.323. The molecule has 1 N–H and O–H groups in total. The fraction of sp³-hybridized carbons (Fsp3) is 0.273. The smallest absolute Gasteiger partial charge is 0.116 e. The molecule has 0 amide bonds. The van der Waals surface area contributed by atoms with Crippen LogP contribution in [0.15, 0.2) is 66.3 Å². The number of aromatic hydroxyl groups is 1. The molecule has 0 saturated carbocycles. The topological polar surface area (TPSA) is 20.2 Å². The summed E-state index contributed by atoms with van der Waals surface area (Å²) in [4.78, 5) is 0. The maximum absolute atomic E-state index is 9.46. The maximum Gasteiger partial charge on any atom is 0.116 e. The molecular formula is C22H25Cl2OTi-3. The van der Waals surface area contributed by atoms with Crippen molar-refractivity contribution in [3.8, 4) is 16.9 Å². The van der Waals surface area contributed by atoms with Crippen molar-refractivity contribution in [2.45, 2.75) is 34.1 Å². The number of hydrogen-bond acceptors (Lipinski definition) is 1. The van der Waals surface area contributed by atoms with E-state index in [0.717, 1.165) is 23.1 Å². The molecule has 0 heterocycles. The predicted molar refractivity (Wildman–Crippen MR) is 98.2 cm³/mol. The van der Waals surface area contributed by atoms with Crippen molar-refractivity contribution < 1.29 is 51.6 Å². The summed E-state index contributed by atoms with van der Waals surface area (Å²) in [6, 6.07) is 15.6. The molecule has 2 aromatic rings. The standard InChI is InChI=1S/C13H12O.C9H13.2ClH.Ti/c1-10-7-12(9-13(14)8-10)11-5-3-2-4-6-11;1-9(2,3)8-6-4-5-7-8;;;/h2-9,14H,1H3;4,6H,5H2,1-3H3;2*1H;/q;-1;;;/p-2. The fourth-order valence-corrected chi connectivity index (χ4v) is 2.48. The van der Waals surface area contributed by atoms with E-state index in [1.54, 1.807) is 12.1 Å². The van der Waals surface area contributed by atoms with Crippen LogP contribution in [-0.2, 0) is 21.7 Å². The quantitative estimate of drug-likeness (QED) is 0.509. The average Bonchev–Trinajstić information content (AvgIpc) is 3.02. The first kappa shape index (κ1) is 27.2. The Bertz CT molecular complexity index is 696. The SMILES string of the molecule is CC(C)(C)C1=[C-]CC=C1.Cc1cc(O)cc(-c2ccccc2)c1.[Cl-].[Cl-].[Ti]. The molecule has 0 fully saturated rings. The summed E-state index contributed by atoms with van der Waals surface area (Å²) >= 11 is 0. The van der Waals surface area contributed by atoms with Gasteiger partial charge in [-0.25, -0.2) is 11.6 Å². The Morgan fingerprint density at radius 1 is 0.923 bits per heavy atom. The Morgan fingerprint density at radius 2 is 1.54 bits per heavy atom. The molecular weight excluding hydrogens is 399 g/mol. The summed E-state index contributed by atoms with van der Waals surface area (Å²) < 4.78 is 0. The molecule has 2 aromatic carbocycles. The van der Waals surface area contributed by atoms with Crippen LogP contribution in [-0.4, -0.2) is 5.11 Å². The van der Waals surface area contributed by atoms with Gasteiger partial charge in [-0.15, -0.1) is 6.42 Å². The Hall–Kier alpha value is -0.986. The van der Waals surface area contributed by atoms with Crippen molar-refractivity contribution in [1.29, 1.82) is 0 Å². The van der Waals surface area contributed by atoms with Crippen LogP contribution < -0.4 is 24.8 Å². The second-order valence-corrected chi connectivity index (χ2v) is 6.87. The molecule has 26 heavy (non-hydrogen) atoms. The van der Waals surface area contributed by atoms with Gasteiger partial charge < -0.3 is 29.9 Å². The third-order valence-corrected chi connectivity index (χ3v) is 3.67. The molecule has 0 saturated heterocycles. The van der Waals surface area contributed by atoms with Crippen LogP contribution >= 0.6 is 0 Å². The first-order valence-electron chi connectivity index (χ1n) is 8.00. The number of benzene rings is 2. The zero-order chi connectivity index (χ0) is 16.9. The Balaban J connectivity index is 0. The van der Waals surface area contributed by atoms with Gasteiger partial charge in [0.15, 0.2) is 0 Å². The van der Waals surface area contributed by atoms with E-state index < -0.39 is 0 Å². The van der Waals surface area contributed by atoms with Crippen molar-refractivity contribution >= 4 is 0 Å². The second-order valence-electron chi connectivity index (χ2n) is 6.87. The van der Waals surface area contributed by atoms with Crippen molar-refractivity contribution in [2.75, 3.05) is 0 Å². The van der Waals surface area contributed by atoms with E-state index >= 15 is 0 Å². The molecule has 4 heteroatoms. The number of halogens is 2. The van der Waals surface area contributed by atoms with Gasteiger partial charge in [0.1, 0.15) is 5.75 Å². The average molecular weight is 424 g/mol. The molecule has 0 atom stereocenters. The van der Waals surface area contributed by atoms with E-state index in [9.17, 15) is 5.11 Å². The zero-order valence-corrected chi connectivity index (χ0v) is 18.8. The van der Waals surface area contributed by atoms with Crippen LogP contribution in [0.2, 0.25) is 0 Å².